The van der Waals surface area contributed by atoms with Crippen molar-refractivity contribution < 1.29 is 19.0 Å². The van der Waals surface area contributed by atoms with E-state index in [4.69, 9.17) is 26.4 Å². The molecule has 2 aromatic carbocycles. The third-order valence-electron chi connectivity index (χ3n) is 3.43. The number of halogens is 1. The summed E-state index contributed by atoms with van der Waals surface area (Å²) >= 11 is 8.62. The number of amides is 1. The average Bonchev–Trinajstić information content (AvgIpc) is 2.67. The topological polar surface area (TPSA) is 68.8 Å². The van der Waals surface area contributed by atoms with Gasteiger partial charge in [0.05, 0.1) is 11.1 Å². The Morgan fingerprint density at radius 3 is 2.75 bits per heavy atom. The van der Waals surface area contributed by atoms with Crippen LogP contribution in [-0.4, -0.2) is 38.0 Å². The van der Waals surface area contributed by atoms with Crippen LogP contribution in [0.15, 0.2) is 59.6 Å². The van der Waals surface area contributed by atoms with E-state index in [1.54, 1.807) is 37.5 Å². The number of anilines is 1. The van der Waals surface area contributed by atoms with Gasteiger partial charge in [-0.15, -0.1) is 0 Å². The minimum Gasteiger partial charge on any atom is -0.490 e. The van der Waals surface area contributed by atoms with Crippen LogP contribution >= 0.6 is 28.1 Å². The van der Waals surface area contributed by atoms with Gasteiger partial charge in [0.15, 0.2) is 5.11 Å². The van der Waals surface area contributed by atoms with E-state index in [1.807, 2.05) is 18.2 Å². The van der Waals surface area contributed by atoms with Crippen molar-refractivity contribution in [1.82, 2.24) is 5.32 Å². The molecule has 0 saturated heterocycles. The summed E-state index contributed by atoms with van der Waals surface area (Å²) in [5.74, 6) is 0.971. The molecule has 2 N–H and O–H groups in total. The van der Waals surface area contributed by atoms with Crippen molar-refractivity contribution in [2.75, 3.05) is 32.2 Å². The molecule has 2 aromatic rings. The standard InChI is InChI=1S/C20H21BrN2O4S/c1-3-9-26-16-6-4-5-15(13-16)22-20(28)23-19(24)14-7-8-18(17(21)12-14)27-11-10-25-2/h3-8,12-13H,1,9-11H2,2H3,(H2,22,23,24,28). The molecule has 2 rings (SSSR count). The van der Waals surface area contributed by atoms with Crippen molar-refractivity contribution in [1.29, 1.82) is 0 Å². The number of thiocarbonyl (C=S) groups is 1. The van der Waals surface area contributed by atoms with Gasteiger partial charge in [-0.25, -0.2) is 0 Å². The first kappa shape index (κ1) is 21.9. The molecule has 0 radical (unpaired) electrons. The van der Waals surface area contributed by atoms with E-state index in [0.717, 1.165) is 0 Å². The van der Waals surface area contributed by atoms with E-state index in [-0.39, 0.29) is 11.0 Å². The quantitative estimate of drug-likeness (QED) is 0.329. The lowest BCUT2D eigenvalue weighted by Crippen LogP contribution is -2.34. The van der Waals surface area contributed by atoms with Gasteiger partial charge in [-0.2, -0.15) is 0 Å². The van der Waals surface area contributed by atoms with Crippen LogP contribution < -0.4 is 20.1 Å². The van der Waals surface area contributed by atoms with Gasteiger partial charge >= 0.3 is 0 Å². The van der Waals surface area contributed by atoms with Crippen molar-refractivity contribution in [3.63, 3.8) is 0 Å². The highest BCUT2D eigenvalue weighted by molar-refractivity contribution is 9.10. The molecule has 0 heterocycles. The summed E-state index contributed by atoms with van der Waals surface area (Å²) in [7, 11) is 1.60. The molecule has 0 aliphatic rings. The second-order valence-corrected chi connectivity index (χ2v) is 6.78. The van der Waals surface area contributed by atoms with Crippen LogP contribution in [0.25, 0.3) is 0 Å². The number of carbonyl (C=O) groups is 1. The Balaban J connectivity index is 1.94. The van der Waals surface area contributed by atoms with Crippen molar-refractivity contribution in [2.24, 2.45) is 0 Å². The van der Waals surface area contributed by atoms with Crippen LogP contribution in [0.5, 0.6) is 11.5 Å². The maximum atomic E-state index is 12.4. The van der Waals surface area contributed by atoms with Gasteiger partial charge in [-0.1, -0.05) is 18.7 Å². The predicted molar refractivity (Wildman–Crippen MR) is 117 cm³/mol. The summed E-state index contributed by atoms with van der Waals surface area (Å²) in [6, 6.07) is 12.3. The van der Waals surface area contributed by atoms with Crippen LogP contribution in [0.1, 0.15) is 10.4 Å². The van der Waals surface area contributed by atoms with Crippen LogP contribution in [0.4, 0.5) is 5.69 Å². The number of ether oxygens (including phenoxy) is 3. The Kier molecular flexibility index (Phi) is 8.93. The summed E-state index contributed by atoms with van der Waals surface area (Å²) in [5, 5.41) is 5.79. The number of nitrogens with one attached hydrogen (secondary N) is 2. The lowest BCUT2D eigenvalue weighted by atomic mass is 10.2. The van der Waals surface area contributed by atoms with Crippen LogP contribution in [0.2, 0.25) is 0 Å². The first-order valence-corrected chi connectivity index (χ1v) is 9.61. The fourth-order valence-corrected chi connectivity index (χ4v) is 2.85. The Bertz CT molecular complexity index is 845. The van der Waals surface area contributed by atoms with E-state index in [0.29, 0.717) is 47.0 Å². The molecule has 0 aromatic heterocycles. The molecule has 28 heavy (non-hydrogen) atoms. The third kappa shape index (κ3) is 6.95. The Hall–Kier alpha value is -2.42. The molecule has 0 saturated carbocycles. The maximum absolute atomic E-state index is 12.4. The summed E-state index contributed by atoms with van der Waals surface area (Å²) in [5.41, 5.74) is 1.15. The van der Waals surface area contributed by atoms with Gasteiger partial charge < -0.3 is 19.5 Å². The van der Waals surface area contributed by atoms with E-state index in [2.05, 4.69) is 33.1 Å². The summed E-state index contributed by atoms with van der Waals surface area (Å²) in [6.45, 7) is 4.92. The molecule has 0 aliphatic heterocycles. The molecule has 1 amide bonds. The highest BCUT2D eigenvalue weighted by atomic mass is 79.9. The lowest BCUT2D eigenvalue weighted by Gasteiger charge is -2.12. The van der Waals surface area contributed by atoms with E-state index in [1.165, 1.54) is 0 Å². The van der Waals surface area contributed by atoms with Crippen molar-refractivity contribution in [2.45, 2.75) is 0 Å². The molecular weight excluding hydrogens is 444 g/mol. The van der Waals surface area contributed by atoms with Crippen LogP contribution in [0.3, 0.4) is 0 Å². The second-order valence-electron chi connectivity index (χ2n) is 5.52. The zero-order valence-corrected chi connectivity index (χ0v) is 17.8. The second kappa shape index (κ2) is 11.4. The molecule has 0 atom stereocenters. The fraction of sp³-hybridized carbons (Fsp3) is 0.200. The molecule has 0 fully saturated rings. The number of carbonyl (C=O) groups excluding carboxylic acids is 1. The summed E-state index contributed by atoms with van der Waals surface area (Å²) in [4.78, 5) is 12.4. The molecule has 0 spiro atoms. The highest BCUT2D eigenvalue weighted by Crippen LogP contribution is 2.26. The maximum Gasteiger partial charge on any atom is 0.257 e. The Morgan fingerprint density at radius 2 is 2.04 bits per heavy atom. The molecule has 8 heteroatoms. The average molecular weight is 465 g/mol. The van der Waals surface area contributed by atoms with Gasteiger partial charge in [-0.05, 0) is 58.5 Å². The number of benzene rings is 2. The summed E-state index contributed by atoms with van der Waals surface area (Å²) in [6.07, 6.45) is 1.66. The lowest BCUT2D eigenvalue weighted by molar-refractivity contribution is 0.0977. The first-order chi connectivity index (χ1) is 13.5. The van der Waals surface area contributed by atoms with Gasteiger partial charge in [0.25, 0.3) is 5.91 Å². The van der Waals surface area contributed by atoms with Gasteiger partial charge in [0, 0.05) is 24.4 Å². The fourth-order valence-electron chi connectivity index (χ4n) is 2.15. The van der Waals surface area contributed by atoms with Crippen molar-refractivity contribution in [3.8, 4) is 11.5 Å². The van der Waals surface area contributed by atoms with Gasteiger partial charge in [-0.3, -0.25) is 10.1 Å². The predicted octanol–water partition coefficient (Wildman–Crippen LogP) is 4.17. The molecule has 0 unspecified atom stereocenters. The molecule has 0 aliphatic carbocycles. The van der Waals surface area contributed by atoms with E-state index >= 15 is 0 Å². The van der Waals surface area contributed by atoms with Crippen LogP contribution in [0, 0.1) is 0 Å². The SMILES string of the molecule is C=CCOc1cccc(NC(=S)NC(=O)c2ccc(OCCOC)c(Br)c2)c1. The van der Waals surface area contributed by atoms with E-state index < -0.39 is 0 Å². The largest absolute Gasteiger partial charge is 0.490 e. The Labute approximate surface area is 178 Å². The number of hydrogen-bond donors (Lipinski definition) is 2. The summed E-state index contributed by atoms with van der Waals surface area (Å²) < 4.78 is 16.6. The van der Waals surface area contributed by atoms with Gasteiger partial charge in [0.2, 0.25) is 0 Å². The number of rotatable bonds is 9. The third-order valence-corrected chi connectivity index (χ3v) is 4.25. The van der Waals surface area contributed by atoms with E-state index in [9.17, 15) is 4.79 Å². The Morgan fingerprint density at radius 1 is 1.21 bits per heavy atom. The minimum atomic E-state index is -0.333. The normalized spacial score (nSPS) is 10.1. The highest BCUT2D eigenvalue weighted by Gasteiger charge is 2.11. The van der Waals surface area contributed by atoms with Crippen LogP contribution in [-0.2, 0) is 4.74 Å². The molecule has 148 valence electrons. The molecule has 6 nitrogen and oxygen atoms in total. The van der Waals surface area contributed by atoms with Crippen molar-refractivity contribution >= 4 is 44.9 Å². The smallest absolute Gasteiger partial charge is 0.257 e. The monoisotopic (exact) mass is 464 g/mol. The minimum absolute atomic E-state index is 0.183. The zero-order chi connectivity index (χ0) is 20.4. The molecule has 0 bridgehead atoms. The number of hydrogen-bond acceptors (Lipinski definition) is 5. The first-order valence-electron chi connectivity index (χ1n) is 8.41. The molecular formula is C20H21BrN2O4S. The number of methoxy groups -OCH3 is 1. The van der Waals surface area contributed by atoms with Gasteiger partial charge in [0.1, 0.15) is 24.7 Å². The zero-order valence-electron chi connectivity index (χ0n) is 15.4. The van der Waals surface area contributed by atoms with Crippen molar-refractivity contribution in [3.05, 3.63) is 65.2 Å².